The summed E-state index contributed by atoms with van der Waals surface area (Å²) in [5.41, 5.74) is -0.723. The zero-order chi connectivity index (χ0) is 15.3. The van der Waals surface area contributed by atoms with E-state index in [0.717, 1.165) is 6.07 Å². The number of carbonyl (C=O) groups is 1. The predicted octanol–water partition coefficient (Wildman–Crippen LogP) is 2.32. The summed E-state index contributed by atoms with van der Waals surface area (Å²) >= 11 is 0. The normalized spacial score (nSPS) is 10.8. The lowest BCUT2D eigenvalue weighted by Crippen LogP contribution is -2.44. The van der Waals surface area contributed by atoms with Gasteiger partial charge in [0.25, 0.3) is 0 Å². The Morgan fingerprint density at radius 2 is 2.20 bits per heavy atom. The minimum Gasteiger partial charge on any atom is -0.389 e. The van der Waals surface area contributed by atoms with Crippen LogP contribution in [0.5, 0.6) is 0 Å². The molecule has 5 nitrogen and oxygen atoms in total. The van der Waals surface area contributed by atoms with Gasteiger partial charge in [0.2, 0.25) is 0 Å². The van der Waals surface area contributed by atoms with Crippen LogP contribution in [0.3, 0.4) is 0 Å². The first-order valence-corrected chi connectivity index (χ1v) is 6.25. The number of hydrogen-bond acceptors (Lipinski definition) is 3. The number of anilines is 1. The molecule has 0 heterocycles. The van der Waals surface area contributed by atoms with Gasteiger partial charge >= 0.3 is 6.03 Å². The molecule has 20 heavy (non-hydrogen) atoms. The summed E-state index contributed by atoms with van der Waals surface area (Å²) in [5, 5.41) is 21.2. The number of likely N-dealkylation sites (N-methyl/N-ethyl adjacent to an activating group) is 1. The minimum absolute atomic E-state index is 0.0534. The highest BCUT2D eigenvalue weighted by Gasteiger charge is 2.21. The molecule has 0 atom stereocenters. The second-order valence-corrected chi connectivity index (χ2v) is 5.06. The van der Waals surface area contributed by atoms with Crippen LogP contribution in [-0.4, -0.2) is 34.7 Å². The quantitative estimate of drug-likeness (QED) is 0.888. The summed E-state index contributed by atoms with van der Waals surface area (Å²) < 4.78 is 13.0. The van der Waals surface area contributed by atoms with E-state index in [4.69, 9.17) is 5.26 Å². The molecule has 0 bridgehead atoms. The van der Waals surface area contributed by atoms with Gasteiger partial charge in [-0.15, -0.1) is 0 Å². The van der Waals surface area contributed by atoms with Crippen molar-refractivity contribution >= 4 is 11.7 Å². The highest BCUT2D eigenvalue weighted by molar-refractivity contribution is 5.90. The summed E-state index contributed by atoms with van der Waals surface area (Å²) in [6.45, 7) is 5.53. The van der Waals surface area contributed by atoms with E-state index in [1.165, 1.54) is 17.0 Å². The molecule has 0 saturated heterocycles. The largest absolute Gasteiger partial charge is 0.389 e. The number of nitrogens with zero attached hydrogens (tertiary/aromatic N) is 2. The molecule has 1 aromatic rings. The van der Waals surface area contributed by atoms with Gasteiger partial charge in [0.05, 0.1) is 23.4 Å². The smallest absolute Gasteiger partial charge is 0.321 e. The molecule has 0 aliphatic carbocycles. The zero-order valence-electron chi connectivity index (χ0n) is 11.8. The number of halogens is 1. The Morgan fingerprint density at radius 3 is 2.70 bits per heavy atom. The van der Waals surface area contributed by atoms with Gasteiger partial charge in [-0.25, -0.2) is 9.18 Å². The molecule has 0 spiro atoms. The Balaban J connectivity index is 2.87. The third-order valence-corrected chi connectivity index (χ3v) is 2.59. The van der Waals surface area contributed by atoms with E-state index in [2.05, 4.69) is 5.32 Å². The summed E-state index contributed by atoms with van der Waals surface area (Å²) in [6, 6.07) is 4.94. The Morgan fingerprint density at radius 1 is 1.55 bits per heavy atom. The van der Waals surface area contributed by atoms with Gasteiger partial charge < -0.3 is 15.3 Å². The Bertz CT molecular complexity index is 532. The van der Waals surface area contributed by atoms with Gasteiger partial charge in [-0.2, -0.15) is 5.26 Å². The summed E-state index contributed by atoms with van der Waals surface area (Å²) in [5.74, 6) is -0.539. The summed E-state index contributed by atoms with van der Waals surface area (Å²) in [4.78, 5) is 13.5. The third-order valence-electron chi connectivity index (χ3n) is 2.59. The van der Waals surface area contributed by atoms with E-state index in [1.54, 1.807) is 20.8 Å². The maximum absolute atomic E-state index is 13.0. The van der Waals surface area contributed by atoms with Crippen molar-refractivity contribution in [3.05, 3.63) is 29.6 Å². The van der Waals surface area contributed by atoms with Crippen molar-refractivity contribution in [1.82, 2.24) is 4.90 Å². The van der Waals surface area contributed by atoms with Crippen LogP contribution >= 0.6 is 0 Å². The van der Waals surface area contributed by atoms with Crippen LogP contribution in [0.25, 0.3) is 0 Å². The molecule has 6 heteroatoms. The van der Waals surface area contributed by atoms with Crippen LogP contribution in [0.2, 0.25) is 0 Å². The number of nitriles is 1. The van der Waals surface area contributed by atoms with Gasteiger partial charge in [0.1, 0.15) is 11.9 Å². The fraction of sp³-hybridized carbons (Fsp3) is 0.429. The van der Waals surface area contributed by atoms with E-state index in [9.17, 15) is 14.3 Å². The number of urea groups is 1. The van der Waals surface area contributed by atoms with E-state index in [0.29, 0.717) is 6.54 Å². The van der Waals surface area contributed by atoms with E-state index >= 15 is 0 Å². The summed E-state index contributed by atoms with van der Waals surface area (Å²) in [7, 11) is 0. The van der Waals surface area contributed by atoms with Crippen molar-refractivity contribution < 1.29 is 14.3 Å². The van der Waals surface area contributed by atoms with Crippen LogP contribution in [-0.2, 0) is 0 Å². The van der Waals surface area contributed by atoms with Gasteiger partial charge in [-0.1, -0.05) is 0 Å². The van der Waals surface area contributed by atoms with Gasteiger partial charge in [-0.05, 0) is 39.0 Å². The first-order valence-electron chi connectivity index (χ1n) is 6.25. The number of amides is 2. The lowest BCUT2D eigenvalue weighted by molar-refractivity contribution is 0.0501. The predicted molar refractivity (Wildman–Crippen MR) is 73.7 cm³/mol. The third kappa shape index (κ3) is 4.52. The number of rotatable bonds is 4. The molecule has 2 amide bonds. The summed E-state index contributed by atoms with van der Waals surface area (Å²) in [6.07, 6.45) is 0. The van der Waals surface area contributed by atoms with Crippen LogP contribution in [0, 0.1) is 17.1 Å². The highest BCUT2D eigenvalue weighted by Crippen LogP contribution is 2.17. The fourth-order valence-electron chi connectivity index (χ4n) is 1.71. The van der Waals surface area contributed by atoms with Crippen molar-refractivity contribution in [1.29, 1.82) is 5.26 Å². The standard InChI is InChI=1S/C14H18FN3O2/c1-4-18(9-14(2,3)20)13(19)17-12-6-5-11(15)7-10(12)8-16/h5-7,20H,4,9H2,1-3H3,(H,17,19). The molecule has 1 rings (SSSR count). The highest BCUT2D eigenvalue weighted by atomic mass is 19.1. The number of aliphatic hydroxyl groups is 1. The first-order chi connectivity index (χ1) is 9.26. The molecule has 0 fully saturated rings. The molecule has 0 radical (unpaired) electrons. The monoisotopic (exact) mass is 279 g/mol. The number of benzene rings is 1. The zero-order valence-corrected chi connectivity index (χ0v) is 11.8. The van der Waals surface area contributed by atoms with Gasteiger partial charge in [0, 0.05) is 6.54 Å². The molecule has 1 aromatic carbocycles. The molecule has 0 unspecified atom stereocenters. The fourth-order valence-corrected chi connectivity index (χ4v) is 1.71. The Hall–Kier alpha value is -2.13. The molecular weight excluding hydrogens is 261 g/mol. The number of nitrogens with one attached hydrogen (secondary N) is 1. The molecule has 0 saturated carbocycles. The maximum Gasteiger partial charge on any atom is 0.321 e. The second kappa shape index (κ2) is 6.35. The lowest BCUT2D eigenvalue weighted by Gasteiger charge is -2.28. The van der Waals surface area contributed by atoms with Crippen molar-refractivity contribution in [3.63, 3.8) is 0 Å². The molecular formula is C14H18FN3O2. The average Bonchev–Trinajstić information content (AvgIpc) is 2.36. The van der Waals surface area contributed by atoms with E-state index < -0.39 is 17.4 Å². The van der Waals surface area contributed by atoms with E-state index in [-0.39, 0.29) is 17.8 Å². The minimum atomic E-state index is -1.02. The molecule has 0 aliphatic heterocycles. The van der Waals surface area contributed by atoms with E-state index in [1.807, 2.05) is 6.07 Å². The van der Waals surface area contributed by atoms with Crippen LogP contribution in [0.1, 0.15) is 26.3 Å². The Kier molecular flexibility index (Phi) is 5.06. The van der Waals surface area contributed by atoms with Crippen molar-refractivity contribution in [2.24, 2.45) is 0 Å². The van der Waals surface area contributed by atoms with Crippen LogP contribution < -0.4 is 5.32 Å². The second-order valence-electron chi connectivity index (χ2n) is 5.06. The van der Waals surface area contributed by atoms with Gasteiger partial charge in [0.15, 0.2) is 0 Å². The van der Waals surface area contributed by atoms with Crippen LogP contribution in [0.4, 0.5) is 14.9 Å². The average molecular weight is 279 g/mol. The molecule has 0 aromatic heterocycles. The maximum atomic E-state index is 13.0. The SMILES string of the molecule is CCN(CC(C)(C)O)C(=O)Nc1ccc(F)cc1C#N. The molecule has 2 N–H and O–H groups in total. The van der Waals surface area contributed by atoms with Crippen molar-refractivity contribution in [3.8, 4) is 6.07 Å². The van der Waals surface area contributed by atoms with Gasteiger partial charge in [-0.3, -0.25) is 0 Å². The Labute approximate surface area is 117 Å². The van der Waals surface area contributed by atoms with Crippen molar-refractivity contribution in [2.45, 2.75) is 26.4 Å². The lowest BCUT2D eigenvalue weighted by atomic mass is 10.1. The van der Waals surface area contributed by atoms with Crippen molar-refractivity contribution in [2.75, 3.05) is 18.4 Å². The number of hydrogen-bond donors (Lipinski definition) is 2. The molecule has 0 aliphatic rings. The molecule has 108 valence electrons. The van der Waals surface area contributed by atoms with Crippen LogP contribution in [0.15, 0.2) is 18.2 Å². The topological polar surface area (TPSA) is 76.4 Å². The first kappa shape index (κ1) is 15.9. The number of carbonyl (C=O) groups excluding carboxylic acids is 1.